The molecule has 2 heterocycles. The first-order valence-electron chi connectivity index (χ1n) is 7.91. The van der Waals surface area contributed by atoms with Gasteiger partial charge in [-0.05, 0) is 17.9 Å². The third kappa shape index (κ3) is 3.24. The van der Waals surface area contributed by atoms with E-state index in [1.807, 2.05) is 17.9 Å². The van der Waals surface area contributed by atoms with Gasteiger partial charge in [-0.3, -0.25) is 4.79 Å². The van der Waals surface area contributed by atoms with E-state index in [1.54, 1.807) is 0 Å². The molecule has 1 aliphatic heterocycles. The summed E-state index contributed by atoms with van der Waals surface area (Å²) in [4.78, 5) is 19.9. The number of hydrogen-bond acceptors (Lipinski definition) is 4. The van der Waals surface area contributed by atoms with Crippen molar-refractivity contribution in [2.75, 3.05) is 18.8 Å². The summed E-state index contributed by atoms with van der Waals surface area (Å²) in [6.45, 7) is 7.97. The van der Waals surface area contributed by atoms with Gasteiger partial charge in [-0.2, -0.15) is 0 Å². The second-order valence-electron chi connectivity index (χ2n) is 6.96. The Kier molecular flexibility index (Phi) is 4.15. The Hall–Kier alpha value is -1.88. The van der Waals surface area contributed by atoms with Crippen LogP contribution < -0.4 is 5.73 Å². The number of likely N-dealkylation sites (tertiary alicyclic amines) is 1. The molecule has 0 bridgehead atoms. The Labute approximate surface area is 141 Å². The van der Waals surface area contributed by atoms with E-state index in [4.69, 9.17) is 5.73 Å². The Morgan fingerprint density at radius 1 is 1.39 bits per heavy atom. The van der Waals surface area contributed by atoms with Crippen molar-refractivity contribution in [3.8, 4) is 0 Å². The zero-order valence-electron chi connectivity index (χ0n) is 13.9. The zero-order chi connectivity index (χ0) is 16.6. The number of nitrogens with two attached hydrogens (primary N) is 1. The first kappa shape index (κ1) is 16.0. The fraction of sp³-hybridized carbons (Fsp3) is 0.444. The van der Waals surface area contributed by atoms with E-state index >= 15 is 0 Å². The predicted molar refractivity (Wildman–Crippen MR) is 94.5 cm³/mol. The number of amides is 1. The molecule has 1 aliphatic rings. The number of hydrogen-bond donors (Lipinski definition) is 1. The van der Waals surface area contributed by atoms with Crippen molar-refractivity contribution in [3.05, 3.63) is 46.5 Å². The van der Waals surface area contributed by atoms with Crippen LogP contribution in [0.25, 0.3) is 0 Å². The van der Waals surface area contributed by atoms with E-state index in [2.05, 4.69) is 43.1 Å². The minimum absolute atomic E-state index is 0.0821. The van der Waals surface area contributed by atoms with Gasteiger partial charge in [-0.25, -0.2) is 4.98 Å². The lowest BCUT2D eigenvalue weighted by atomic mass is 9.78. The smallest absolute Gasteiger partial charge is 0.227 e. The van der Waals surface area contributed by atoms with Crippen molar-refractivity contribution < 1.29 is 4.79 Å². The van der Waals surface area contributed by atoms with Gasteiger partial charge >= 0.3 is 0 Å². The van der Waals surface area contributed by atoms with Gasteiger partial charge in [0, 0.05) is 23.9 Å². The van der Waals surface area contributed by atoms with Crippen molar-refractivity contribution in [2.45, 2.75) is 33.1 Å². The number of benzene rings is 1. The lowest BCUT2D eigenvalue weighted by molar-refractivity contribution is -0.129. The molecule has 1 fully saturated rings. The molecule has 0 unspecified atom stereocenters. The monoisotopic (exact) mass is 329 g/mol. The summed E-state index contributed by atoms with van der Waals surface area (Å²) in [5, 5.41) is 0.536. The third-order valence-corrected chi connectivity index (χ3v) is 5.71. The fourth-order valence-electron chi connectivity index (χ4n) is 3.43. The van der Waals surface area contributed by atoms with Crippen LogP contribution in [0, 0.1) is 12.3 Å². The SMILES string of the molecule is Cc1nc(N)sc1CC(=O)N1C[C@@H](c2ccccc2)C(C)(C)C1. The molecule has 1 atom stereocenters. The Morgan fingerprint density at radius 2 is 2.09 bits per heavy atom. The molecule has 4 nitrogen and oxygen atoms in total. The van der Waals surface area contributed by atoms with Crippen LogP contribution >= 0.6 is 11.3 Å². The number of thiazole rings is 1. The molecule has 1 aromatic carbocycles. The van der Waals surface area contributed by atoms with Crippen LogP contribution in [-0.2, 0) is 11.2 Å². The third-order valence-electron chi connectivity index (χ3n) is 4.72. The second kappa shape index (κ2) is 5.96. The number of carbonyl (C=O) groups is 1. The molecule has 2 N–H and O–H groups in total. The number of anilines is 1. The molecule has 5 heteroatoms. The quantitative estimate of drug-likeness (QED) is 0.940. The topological polar surface area (TPSA) is 59.2 Å². The van der Waals surface area contributed by atoms with Gasteiger partial charge in [0.15, 0.2) is 5.13 Å². The van der Waals surface area contributed by atoms with E-state index < -0.39 is 0 Å². The standard InChI is InChI=1S/C18H23N3OS/c1-12-15(23-17(19)20-12)9-16(22)21-10-14(18(2,3)11-21)13-7-5-4-6-8-13/h4-8,14H,9-11H2,1-3H3,(H2,19,20)/t14-/m0/s1. The van der Waals surface area contributed by atoms with Crippen LogP contribution in [0.5, 0.6) is 0 Å². The van der Waals surface area contributed by atoms with Gasteiger partial charge < -0.3 is 10.6 Å². The highest BCUT2D eigenvalue weighted by Gasteiger charge is 2.41. The maximum absolute atomic E-state index is 12.7. The summed E-state index contributed by atoms with van der Waals surface area (Å²) in [6, 6.07) is 10.5. The molecule has 0 aliphatic carbocycles. The lowest BCUT2D eigenvalue weighted by Gasteiger charge is -2.25. The Morgan fingerprint density at radius 3 is 2.70 bits per heavy atom. The van der Waals surface area contributed by atoms with E-state index in [0.29, 0.717) is 17.5 Å². The molecular formula is C18H23N3OS. The van der Waals surface area contributed by atoms with Crippen LogP contribution in [0.15, 0.2) is 30.3 Å². The van der Waals surface area contributed by atoms with Crippen LogP contribution in [0.4, 0.5) is 5.13 Å². The fourth-order valence-corrected chi connectivity index (χ4v) is 4.25. The van der Waals surface area contributed by atoms with E-state index in [0.717, 1.165) is 23.7 Å². The number of nitrogen functional groups attached to an aromatic ring is 1. The van der Waals surface area contributed by atoms with Crippen molar-refractivity contribution in [1.82, 2.24) is 9.88 Å². The number of nitrogens with zero attached hydrogens (tertiary/aromatic N) is 2. The second-order valence-corrected chi connectivity index (χ2v) is 8.08. The average molecular weight is 329 g/mol. The molecule has 122 valence electrons. The van der Waals surface area contributed by atoms with Gasteiger partial charge in [-0.15, -0.1) is 11.3 Å². The van der Waals surface area contributed by atoms with Crippen molar-refractivity contribution in [3.63, 3.8) is 0 Å². The van der Waals surface area contributed by atoms with Crippen LogP contribution in [0.1, 0.15) is 35.9 Å². The molecule has 0 radical (unpaired) electrons. The molecule has 2 aromatic rings. The number of aryl methyl sites for hydroxylation is 1. The molecular weight excluding hydrogens is 306 g/mol. The molecule has 1 saturated heterocycles. The summed E-state index contributed by atoms with van der Waals surface area (Å²) in [5.74, 6) is 0.545. The first-order valence-corrected chi connectivity index (χ1v) is 8.73. The minimum Gasteiger partial charge on any atom is -0.375 e. The molecule has 1 aromatic heterocycles. The van der Waals surface area contributed by atoms with Gasteiger partial charge in [0.1, 0.15) is 0 Å². The summed E-state index contributed by atoms with van der Waals surface area (Å²) >= 11 is 1.42. The maximum Gasteiger partial charge on any atom is 0.227 e. The largest absolute Gasteiger partial charge is 0.375 e. The minimum atomic E-state index is 0.0821. The summed E-state index contributed by atoms with van der Waals surface area (Å²) in [7, 11) is 0. The van der Waals surface area contributed by atoms with Crippen LogP contribution in [-0.4, -0.2) is 28.9 Å². The van der Waals surface area contributed by atoms with Gasteiger partial charge in [0.25, 0.3) is 0 Å². The normalized spacial score (nSPS) is 20.0. The molecule has 0 spiro atoms. The van der Waals surface area contributed by atoms with Crippen molar-refractivity contribution in [1.29, 1.82) is 0 Å². The van der Waals surface area contributed by atoms with E-state index in [1.165, 1.54) is 16.9 Å². The van der Waals surface area contributed by atoms with E-state index in [9.17, 15) is 4.79 Å². The summed E-state index contributed by atoms with van der Waals surface area (Å²) in [5.41, 5.74) is 8.00. The highest BCUT2D eigenvalue weighted by Crippen LogP contribution is 2.42. The Balaban J connectivity index is 1.75. The molecule has 23 heavy (non-hydrogen) atoms. The molecule has 0 saturated carbocycles. The van der Waals surface area contributed by atoms with Crippen LogP contribution in [0.3, 0.4) is 0 Å². The highest BCUT2D eigenvalue weighted by molar-refractivity contribution is 7.15. The zero-order valence-corrected chi connectivity index (χ0v) is 14.7. The van der Waals surface area contributed by atoms with E-state index in [-0.39, 0.29) is 11.3 Å². The highest BCUT2D eigenvalue weighted by atomic mass is 32.1. The number of carbonyl (C=O) groups excluding carboxylic acids is 1. The first-order chi connectivity index (χ1) is 10.9. The number of rotatable bonds is 3. The predicted octanol–water partition coefficient (Wildman–Crippen LogP) is 3.23. The summed E-state index contributed by atoms with van der Waals surface area (Å²) < 4.78 is 0. The van der Waals surface area contributed by atoms with Crippen molar-refractivity contribution in [2.24, 2.45) is 5.41 Å². The molecule has 3 rings (SSSR count). The lowest BCUT2D eigenvalue weighted by Crippen LogP contribution is -2.31. The maximum atomic E-state index is 12.7. The number of aromatic nitrogens is 1. The summed E-state index contributed by atoms with van der Waals surface area (Å²) in [6.07, 6.45) is 0.401. The van der Waals surface area contributed by atoms with Gasteiger partial charge in [-0.1, -0.05) is 44.2 Å². The van der Waals surface area contributed by atoms with Crippen molar-refractivity contribution >= 4 is 22.4 Å². The van der Waals surface area contributed by atoms with Gasteiger partial charge in [0.2, 0.25) is 5.91 Å². The van der Waals surface area contributed by atoms with Gasteiger partial charge in [0.05, 0.1) is 12.1 Å². The Bertz CT molecular complexity index is 708. The van der Waals surface area contributed by atoms with Crippen LogP contribution in [0.2, 0.25) is 0 Å². The average Bonchev–Trinajstić information content (AvgIpc) is 2.98. The molecule has 1 amide bonds.